The van der Waals surface area contributed by atoms with Crippen LogP contribution in [0.25, 0.3) is 0 Å². The van der Waals surface area contributed by atoms with Gasteiger partial charge < -0.3 is 4.90 Å². The minimum atomic E-state index is -0.0897. The van der Waals surface area contributed by atoms with Crippen molar-refractivity contribution >= 4 is 5.91 Å². The normalized spacial score (nSPS) is 40.5. The van der Waals surface area contributed by atoms with Crippen molar-refractivity contribution in [2.75, 3.05) is 7.05 Å². The van der Waals surface area contributed by atoms with Crippen molar-refractivity contribution < 1.29 is 4.79 Å². The van der Waals surface area contributed by atoms with Gasteiger partial charge in [0.1, 0.15) is 12.2 Å². The van der Waals surface area contributed by atoms with E-state index in [4.69, 9.17) is 0 Å². The van der Waals surface area contributed by atoms with E-state index in [1.54, 1.807) is 0 Å². The van der Waals surface area contributed by atoms with Crippen LogP contribution in [0.5, 0.6) is 0 Å². The maximum Gasteiger partial charge on any atom is 0.228 e. The minimum Gasteiger partial charge on any atom is -0.338 e. The zero-order valence-electron chi connectivity index (χ0n) is 12.9. The first kappa shape index (κ1) is 13.3. The number of hydrogen-bond donors (Lipinski definition) is 1. The van der Waals surface area contributed by atoms with Gasteiger partial charge in [0, 0.05) is 7.05 Å². The molecule has 0 saturated heterocycles. The number of hydrogen-bond acceptors (Lipinski definition) is 3. The van der Waals surface area contributed by atoms with E-state index in [9.17, 15) is 4.79 Å². The van der Waals surface area contributed by atoms with E-state index in [0.717, 1.165) is 36.9 Å². The third-order valence-corrected chi connectivity index (χ3v) is 6.01. The number of nitrogens with zero attached hydrogens (tertiary/aromatic N) is 3. The van der Waals surface area contributed by atoms with Crippen molar-refractivity contribution in [1.82, 2.24) is 20.1 Å². The van der Waals surface area contributed by atoms with Crippen LogP contribution in [0.15, 0.2) is 6.33 Å². The van der Waals surface area contributed by atoms with Crippen molar-refractivity contribution in [3.8, 4) is 0 Å². The summed E-state index contributed by atoms with van der Waals surface area (Å²) in [4.78, 5) is 19.1. The van der Waals surface area contributed by atoms with Gasteiger partial charge in [-0.3, -0.25) is 9.89 Å². The highest BCUT2D eigenvalue weighted by Crippen LogP contribution is 2.65. The predicted octanol–water partition coefficient (Wildman–Crippen LogP) is 2.37. The topological polar surface area (TPSA) is 61.9 Å². The first-order valence-electron chi connectivity index (χ1n) is 8.08. The first-order valence-corrected chi connectivity index (χ1v) is 8.08. The second kappa shape index (κ2) is 4.31. The van der Waals surface area contributed by atoms with E-state index in [2.05, 4.69) is 22.1 Å². The molecule has 5 nitrogen and oxygen atoms in total. The van der Waals surface area contributed by atoms with E-state index in [0.29, 0.717) is 17.9 Å². The maximum absolute atomic E-state index is 13.1. The van der Waals surface area contributed by atoms with Gasteiger partial charge in [0.05, 0.1) is 12.0 Å². The molecule has 5 heteroatoms. The molecular formula is C16H24N4O. The lowest BCUT2D eigenvalue weighted by molar-refractivity contribution is -0.165. The molecule has 4 aliphatic carbocycles. The molecule has 1 N–H and O–H groups in total. The fourth-order valence-corrected chi connectivity index (χ4v) is 5.98. The number of amides is 1. The SMILES string of the molecule is CN(Cc1ncn[nH]1)C(=O)C12CC3CC(CC(C)(C3)C1)C2. The monoisotopic (exact) mass is 288 g/mol. The van der Waals surface area contributed by atoms with Crippen LogP contribution < -0.4 is 0 Å². The van der Waals surface area contributed by atoms with Crippen LogP contribution in [-0.2, 0) is 11.3 Å². The molecule has 1 amide bonds. The Balaban J connectivity index is 1.56. The maximum atomic E-state index is 13.1. The van der Waals surface area contributed by atoms with Gasteiger partial charge in [0.2, 0.25) is 5.91 Å². The summed E-state index contributed by atoms with van der Waals surface area (Å²) in [6.07, 6.45) is 8.84. The molecule has 114 valence electrons. The highest BCUT2D eigenvalue weighted by Gasteiger charge is 2.59. The van der Waals surface area contributed by atoms with Gasteiger partial charge in [0.25, 0.3) is 0 Å². The third kappa shape index (κ3) is 2.09. The van der Waals surface area contributed by atoms with Gasteiger partial charge in [-0.15, -0.1) is 0 Å². The number of nitrogens with one attached hydrogen (secondary N) is 1. The lowest BCUT2D eigenvalue weighted by atomic mass is 9.44. The fraction of sp³-hybridized carbons (Fsp3) is 0.812. The van der Waals surface area contributed by atoms with E-state index in [-0.39, 0.29) is 5.41 Å². The molecule has 0 spiro atoms. The van der Waals surface area contributed by atoms with Crippen LogP contribution in [0.2, 0.25) is 0 Å². The van der Waals surface area contributed by atoms with Crippen molar-refractivity contribution in [2.45, 2.75) is 52.0 Å². The minimum absolute atomic E-state index is 0.0897. The molecule has 4 bridgehead atoms. The van der Waals surface area contributed by atoms with Crippen LogP contribution in [0.4, 0.5) is 0 Å². The Morgan fingerprint density at radius 1 is 1.38 bits per heavy atom. The zero-order valence-corrected chi connectivity index (χ0v) is 12.9. The summed E-state index contributed by atoms with van der Waals surface area (Å²) in [7, 11) is 1.91. The zero-order chi connectivity index (χ0) is 14.7. The molecule has 4 aliphatic rings. The molecule has 4 fully saturated rings. The van der Waals surface area contributed by atoms with Crippen molar-refractivity contribution in [3.05, 3.63) is 12.2 Å². The van der Waals surface area contributed by atoms with Crippen LogP contribution in [-0.4, -0.2) is 33.0 Å². The van der Waals surface area contributed by atoms with Gasteiger partial charge >= 0.3 is 0 Å². The van der Waals surface area contributed by atoms with Gasteiger partial charge in [-0.25, -0.2) is 4.98 Å². The number of carbonyl (C=O) groups excluding carboxylic acids is 1. The van der Waals surface area contributed by atoms with Crippen LogP contribution in [0.1, 0.15) is 51.3 Å². The van der Waals surface area contributed by atoms with Gasteiger partial charge in [-0.05, 0) is 55.8 Å². The summed E-state index contributed by atoms with van der Waals surface area (Å²) < 4.78 is 0. The number of aromatic nitrogens is 3. The van der Waals surface area contributed by atoms with Crippen molar-refractivity contribution in [3.63, 3.8) is 0 Å². The van der Waals surface area contributed by atoms with E-state index in [1.165, 1.54) is 25.6 Å². The van der Waals surface area contributed by atoms with E-state index in [1.807, 2.05) is 11.9 Å². The smallest absolute Gasteiger partial charge is 0.228 e. The lowest BCUT2D eigenvalue weighted by Gasteiger charge is -2.60. The van der Waals surface area contributed by atoms with Crippen LogP contribution >= 0.6 is 0 Å². The van der Waals surface area contributed by atoms with E-state index < -0.39 is 0 Å². The number of rotatable bonds is 3. The Bertz CT molecular complexity index is 539. The predicted molar refractivity (Wildman–Crippen MR) is 78.1 cm³/mol. The average Bonchev–Trinajstić information content (AvgIpc) is 2.87. The molecule has 0 aliphatic heterocycles. The second-order valence-electron chi connectivity index (χ2n) is 8.15. The Labute approximate surface area is 125 Å². The van der Waals surface area contributed by atoms with E-state index >= 15 is 0 Å². The summed E-state index contributed by atoms with van der Waals surface area (Å²) in [6, 6.07) is 0. The Kier molecular flexibility index (Phi) is 2.72. The highest BCUT2D eigenvalue weighted by molar-refractivity contribution is 5.83. The quantitative estimate of drug-likeness (QED) is 0.929. The van der Waals surface area contributed by atoms with Crippen molar-refractivity contribution in [1.29, 1.82) is 0 Å². The summed E-state index contributed by atoms with van der Waals surface area (Å²) in [5, 5.41) is 6.71. The summed E-state index contributed by atoms with van der Waals surface area (Å²) in [5.41, 5.74) is 0.320. The second-order valence-corrected chi connectivity index (χ2v) is 8.15. The Morgan fingerprint density at radius 2 is 2.10 bits per heavy atom. The molecule has 4 saturated carbocycles. The molecule has 2 unspecified atom stereocenters. The molecule has 2 atom stereocenters. The summed E-state index contributed by atoms with van der Waals surface area (Å²) in [5.74, 6) is 2.65. The van der Waals surface area contributed by atoms with Gasteiger partial charge in [-0.1, -0.05) is 6.92 Å². The van der Waals surface area contributed by atoms with Gasteiger partial charge in [-0.2, -0.15) is 5.10 Å². The standard InChI is InChI=1S/C16H24N4O/c1-15-4-11-3-12(5-15)7-16(6-11,9-15)14(21)20(2)8-13-17-10-18-19-13/h10-12H,3-9H2,1-2H3,(H,17,18,19). The number of aromatic amines is 1. The van der Waals surface area contributed by atoms with Crippen molar-refractivity contribution in [2.24, 2.45) is 22.7 Å². The summed E-state index contributed by atoms with van der Waals surface area (Å²) >= 11 is 0. The molecule has 1 aromatic rings. The molecule has 0 aromatic carbocycles. The highest BCUT2D eigenvalue weighted by atomic mass is 16.2. The molecular weight excluding hydrogens is 264 g/mol. The molecule has 1 aromatic heterocycles. The Hall–Kier alpha value is -1.39. The molecule has 21 heavy (non-hydrogen) atoms. The number of H-pyrrole nitrogens is 1. The largest absolute Gasteiger partial charge is 0.338 e. The van der Waals surface area contributed by atoms with Gasteiger partial charge in [0.15, 0.2) is 0 Å². The first-order chi connectivity index (χ1) is 9.98. The van der Waals surface area contributed by atoms with Crippen LogP contribution in [0, 0.1) is 22.7 Å². The molecule has 5 rings (SSSR count). The lowest BCUT2D eigenvalue weighted by Crippen LogP contribution is -2.56. The third-order valence-electron chi connectivity index (χ3n) is 6.01. The molecule has 0 radical (unpaired) electrons. The fourth-order valence-electron chi connectivity index (χ4n) is 5.98. The molecule has 1 heterocycles. The Morgan fingerprint density at radius 3 is 2.67 bits per heavy atom. The van der Waals surface area contributed by atoms with Crippen LogP contribution in [0.3, 0.4) is 0 Å². The average molecular weight is 288 g/mol. The summed E-state index contributed by atoms with van der Waals surface area (Å²) in [6.45, 7) is 2.94. The number of carbonyl (C=O) groups is 1.